The molecule has 1 atom stereocenters. The minimum atomic E-state index is -0.600. The molecule has 0 spiro atoms. The molecule has 2 heterocycles. The monoisotopic (exact) mass is 465 g/mol. The molecule has 2 aromatic carbocycles. The highest BCUT2D eigenvalue weighted by atomic mass is 35.5. The molecule has 0 bridgehead atoms. The average Bonchev–Trinajstić information content (AvgIpc) is 2.94. The number of nitrogens with zero attached hydrogens (tertiary/aromatic N) is 2. The van der Waals surface area contributed by atoms with Crippen molar-refractivity contribution in [3.63, 3.8) is 0 Å². The van der Waals surface area contributed by atoms with E-state index in [-0.39, 0.29) is 22.5 Å². The quantitative estimate of drug-likeness (QED) is 0.547. The third-order valence-corrected chi connectivity index (χ3v) is 5.78. The van der Waals surface area contributed by atoms with Gasteiger partial charge < -0.3 is 19.7 Å². The van der Waals surface area contributed by atoms with Crippen LogP contribution in [0.5, 0.6) is 11.5 Å². The zero-order chi connectivity index (χ0) is 23.4. The Kier molecular flexibility index (Phi) is 6.79. The van der Waals surface area contributed by atoms with E-state index < -0.39 is 6.10 Å². The van der Waals surface area contributed by atoms with Crippen LogP contribution in [0, 0.1) is 0 Å². The van der Waals surface area contributed by atoms with Crippen molar-refractivity contribution in [3.05, 3.63) is 82.6 Å². The predicted molar refractivity (Wildman–Crippen MR) is 126 cm³/mol. The number of nitrogens with one attached hydrogen (secondary N) is 1. The number of methoxy groups -OCH3 is 1. The fraction of sp³-hybridized carbons (Fsp3) is 0.240. The molecular formula is C25H24ClN3O4. The Bertz CT molecular complexity index is 1170. The van der Waals surface area contributed by atoms with Crippen molar-refractivity contribution < 1.29 is 19.1 Å². The van der Waals surface area contributed by atoms with Gasteiger partial charge in [-0.3, -0.25) is 9.59 Å². The van der Waals surface area contributed by atoms with Crippen molar-refractivity contribution >= 4 is 29.1 Å². The molecule has 3 aromatic rings. The summed E-state index contributed by atoms with van der Waals surface area (Å²) in [6.07, 6.45) is 1.63. The minimum Gasteiger partial charge on any atom is -0.497 e. The average molecular weight is 466 g/mol. The Hall–Kier alpha value is -3.58. The molecule has 1 N–H and O–H groups in total. The lowest BCUT2D eigenvalue weighted by molar-refractivity contribution is -0.137. The Morgan fingerprint density at radius 3 is 2.76 bits per heavy atom. The summed E-state index contributed by atoms with van der Waals surface area (Å²) in [6, 6.07) is 16.4. The molecule has 0 saturated carbocycles. The normalized spacial score (nSPS) is 15.3. The lowest BCUT2D eigenvalue weighted by atomic mass is 10.1. The number of benzene rings is 2. The summed E-state index contributed by atoms with van der Waals surface area (Å²) < 4.78 is 11.1. The molecule has 2 amide bonds. The highest BCUT2D eigenvalue weighted by molar-refractivity contribution is 6.33. The summed E-state index contributed by atoms with van der Waals surface area (Å²) in [4.78, 5) is 31.2. The van der Waals surface area contributed by atoms with E-state index in [1.165, 1.54) is 6.20 Å². The summed E-state index contributed by atoms with van der Waals surface area (Å²) in [5.74, 6) is 0.985. The van der Waals surface area contributed by atoms with Gasteiger partial charge in [0.15, 0.2) is 6.10 Å². The van der Waals surface area contributed by atoms with Gasteiger partial charge in [-0.15, -0.1) is 0 Å². The summed E-state index contributed by atoms with van der Waals surface area (Å²) in [7, 11) is 1.63. The fourth-order valence-electron chi connectivity index (χ4n) is 3.68. The molecule has 1 aliphatic rings. The topological polar surface area (TPSA) is 80.8 Å². The highest BCUT2D eigenvalue weighted by Crippen LogP contribution is 2.29. The lowest BCUT2D eigenvalue weighted by Crippen LogP contribution is -2.39. The third-order valence-electron chi connectivity index (χ3n) is 5.48. The first kappa shape index (κ1) is 22.6. The number of rotatable bonds is 6. The van der Waals surface area contributed by atoms with Gasteiger partial charge in [0.2, 0.25) is 0 Å². The van der Waals surface area contributed by atoms with Crippen LogP contribution in [0.3, 0.4) is 0 Å². The third kappa shape index (κ3) is 5.26. The number of hydrogen-bond donors (Lipinski definition) is 1. The second-order valence-electron chi connectivity index (χ2n) is 7.74. The number of anilines is 1. The fourth-order valence-corrected chi connectivity index (χ4v) is 3.88. The number of carbonyl (C=O) groups excluding carboxylic acids is 2. The number of fused-ring (bicyclic) bond motifs is 1. The maximum atomic E-state index is 12.9. The number of ether oxygens (including phenoxy) is 2. The van der Waals surface area contributed by atoms with Crippen LogP contribution in [-0.2, 0) is 17.8 Å². The zero-order valence-corrected chi connectivity index (χ0v) is 19.1. The van der Waals surface area contributed by atoms with E-state index in [0.29, 0.717) is 30.9 Å². The first-order chi connectivity index (χ1) is 15.9. The first-order valence-electron chi connectivity index (χ1n) is 10.6. The van der Waals surface area contributed by atoms with Gasteiger partial charge in [0.05, 0.1) is 12.7 Å². The van der Waals surface area contributed by atoms with Gasteiger partial charge >= 0.3 is 0 Å². The maximum absolute atomic E-state index is 12.9. The van der Waals surface area contributed by atoms with Crippen LogP contribution < -0.4 is 14.8 Å². The lowest BCUT2D eigenvalue weighted by Gasteiger charge is -2.22. The van der Waals surface area contributed by atoms with E-state index in [1.807, 2.05) is 30.3 Å². The number of pyridine rings is 1. The van der Waals surface area contributed by atoms with E-state index in [2.05, 4.69) is 10.3 Å². The molecule has 7 nitrogen and oxygen atoms in total. The van der Waals surface area contributed by atoms with Gasteiger partial charge in [-0.1, -0.05) is 23.7 Å². The molecule has 4 rings (SSSR count). The van der Waals surface area contributed by atoms with Crippen LogP contribution >= 0.6 is 11.6 Å². The molecular weight excluding hydrogens is 442 g/mol. The van der Waals surface area contributed by atoms with Crippen LogP contribution in [0.2, 0.25) is 5.15 Å². The second kappa shape index (κ2) is 9.92. The Balaban J connectivity index is 1.50. The maximum Gasteiger partial charge on any atom is 0.263 e. The SMILES string of the molecule is COc1ccc(CCN2Cc3cc(NC(=O)c4cccnc4Cl)ccc3OC(C)C2=O)cc1. The minimum absolute atomic E-state index is 0.0764. The Labute approximate surface area is 197 Å². The zero-order valence-electron chi connectivity index (χ0n) is 18.4. The Morgan fingerprint density at radius 1 is 1.24 bits per heavy atom. The van der Waals surface area contributed by atoms with Crippen LogP contribution in [0.4, 0.5) is 5.69 Å². The van der Waals surface area contributed by atoms with Crippen molar-refractivity contribution in [2.24, 2.45) is 0 Å². The molecule has 1 aliphatic heterocycles. The molecule has 8 heteroatoms. The Morgan fingerprint density at radius 2 is 2.03 bits per heavy atom. The summed E-state index contributed by atoms with van der Waals surface area (Å²) in [6.45, 7) is 2.67. The van der Waals surface area contributed by atoms with Crippen LogP contribution in [0.1, 0.15) is 28.4 Å². The standard InChI is InChI=1S/C25H24ClN3O4/c1-16-25(31)29(13-11-17-5-8-20(32-2)9-6-17)15-18-14-19(7-10-22(18)33-16)28-24(30)21-4-3-12-27-23(21)26/h3-10,12,14,16H,11,13,15H2,1-2H3,(H,28,30). The van der Waals surface area contributed by atoms with E-state index in [9.17, 15) is 9.59 Å². The molecule has 0 fully saturated rings. The van der Waals surface area contributed by atoms with Gasteiger partial charge in [-0.25, -0.2) is 4.98 Å². The molecule has 170 valence electrons. The number of aromatic nitrogens is 1. The molecule has 0 saturated heterocycles. The van der Waals surface area contributed by atoms with Crippen molar-refractivity contribution in [1.29, 1.82) is 0 Å². The van der Waals surface area contributed by atoms with Crippen LogP contribution in [0.15, 0.2) is 60.8 Å². The second-order valence-corrected chi connectivity index (χ2v) is 8.09. The molecule has 0 aliphatic carbocycles. The van der Waals surface area contributed by atoms with Crippen molar-refractivity contribution in [3.8, 4) is 11.5 Å². The van der Waals surface area contributed by atoms with Crippen molar-refractivity contribution in [1.82, 2.24) is 9.88 Å². The van der Waals surface area contributed by atoms with Gasteiger partial charge in [-0.05, 0) is 61.4 Å². The predicted octanol–water partition coefficient (Wildman–Crippen LogP) is 4.35. The molecule has 33 heavy (non-hydrogen) atoms. The molecule has 0 radical (unpaired) electrons. The van der Waals surface area contributed by atoms with E-state index in [1.54, 1.807) is 43.2 Å². The number of carbonyl (C=O) groups is 2. The summed E-state index contributed by atoms with van der Waals surface area (Å²) in [5, 5.41) is 2.98. The first-order valence-corrected chi connectivity index (χ1v) is 11.0. The van der Waals surface area contributed by atoms with E-state index in [0.717, 1.165) is 16.9 Å². The van der Waals surface area contributed by atoms with Crippen LogP contribution in [0.25, 0.3) is 0 Å². The summed E-state index contributed by atoms with van der Waals surface area (Å²) >= 11 is 6.03. The molecule has 1 unspecified atom stereocenters. The van der Waals surface area contributed by atoms with Gasteiger partial charge in [0, 0.05) is 30.5 Å². The van der Waals surface area contributed by atoms with E-state index >= 15 is 0 Å². The summed E-state index contributed by atoms with van der Waals surface area (Å²) in [5.41, 5.74) is 2.79. The molecule has 1 aromatic heterocycles. The van der Waals surface area contributed by atoms with Crippen molar-refractivity contribution in [2.75, 3.05) is 19.0 Å². The van der Waals surface area contributed by atoms with Gasteiger partial charge in [0.25, 0.3) is 11.8 Å². The number of amides is 2. The number of halogens is 1. The number of hydrogen-bond acceptors (Lipinski definition) is 5. The smallest absolute Gasteiger partial charge is 0.263 e. The van der Waals surface area contributed by atoms with Gasteiger partial charge in [0.1, 0.15) is 16.7 Å². The highest BCUT2D eigenvalue weighted by Gasteiger charge is 2.28. The largest absolute Gasteiger partial charge is 0.497 e. The van der Waals surface area contributed by atoms with Crippen LogP contribution in [-0.4, -0.2) is 41.5 Å². The van der Waals surface area contributed by atoms with Gasteiger partial charge in [-0.2, -0.15) is 0 Å². The van der Waals surface area contributed by atoms with Crippen molar-refractivity contribution in [2.45, 2.75) is 26.0 Å². The van der Waals surface area contributed by atoms with E-state index in [4.69, 9.17) is 21.1 Å².